The largest absolute Gasteiger partial charge is 0.478 e. The van der Waals surface area contributed by atoms with Crippen molar-refractivity contribution in [2.45, 2.75) is 43.9 Å². The first-order valence-corrected chi connectivity index (χ1v) is 10.5. The van der Waals surface area contributed by atoms with Gasteiger partial charge in [0.05, 0.1) is 12.6 Å². The molecule has 2 rings (SSSR count). The standard InChI is InChI=1S/C22H32N4O5.BrH/c23-10-2-1-3-17(8-9-20(27)28)26-22(30)18(24)13-15-4-6-16(7-5-15)21(29)19-14-25-11-12-31-19;/h4-9,17-19,25H,1-3,10-14,23-24H2,(H,26,30)(H,27,28);1H/t17?,18-,19?;/m0./s1. The predicted molar refractivity (Wildman–Crippen MR) is 127 cm³/mol. The van der Waals surface area contributed by atoms with Gasteiger partial charge in [0.25, 0.3) is 0 Å². The van der Waals surface area contributed by atoms with Gasteiger partial charge in [-0.2, -0.15) is 0 Å². The van der Waals surface area contributed by atoms with Crippen molar-refractivity contribution >= 4 is 34.6 Å². The van der Waals surface area contributed by atoms with Crippen LogP contribution in [0.1, 0.15) is 35.2 Å². The minimum atomic E-state index is -1.08. The topological polar surface area (TPSA) is 157 Å². The molecule has 0 spiro atoms. The van der Waals surface area contributed by atoms with Gasteiger partial charge in [0, 0.05) is 30.8 Å². The van der Waals surface area contributed by atoms with Crippen molar-refractivity contribution in [1.82, 2.24) is 10.6 Å². The highest BCUT2D eigenvalue weighted by Gasteiger charge is 2.23. The third kappa shape index (κ3) is 9.58. The fraction of sp³-hybridized carbons (Fsp3) is 0.500. The van der Waals surface area contributed by atoms with Gasteiger partial charge >= 0.3 is 5.97 Å². The number of carbonyl (C=O) groups is 3. The number of Topliss-reactive ketones (excluding diaryl/α,β-unsaturated/α-hetero) is 1. The van der Waals surface area contributed by atoms with E-state index in [1.807, 2.05) is 0 Å². The first-order valence-electron chi connectivity index (χ1n) is 10.5. The van der Waals surface area contributed by atoms with E-state index in [-0.39, 0.29) is 28.7 Å². The van der Waals surface area contributed by atoms with Crippen LogP contribution in [0.4, 0.5) is 0 Å². The second-order valence-corrected chi connectivity index (χ2v) is 7.53. The summed E-state index contributed by atoms with van der Waals surface area (Å²) < 4.78 is 5.49. The van der Waals surface area contributed by atoms with Crippen molar-refractivity contribution in [3.63, 3.8) is 0 Å². The van der Waals surface area contributed by atoms with E-state index in [0.29, 0.717) is 38.1 Å². The fourth-order valence-electron chi connectivity index (χ4n) is 3.28. The molecule has 1 heterocycles. The molecule has 0 aliphatic carbocycles. The number of hydrogen-bond donors (Lipinski definition) is 5. The fourth-order valence-corrected chi connectivity index (χ4v) is 3.28. The van der Waals surface area contributed by atoms with Gasteiger partial charge in [0.15, 0.2) is 5.78 Å². The second kappa shape index (κ2) is 14.9. The van der Waals surface area contributed by atoms with Crippen molar-refractivity contribution in [3.8, 4) is 0 Å². The van der Waals surface area contributed by atoms with Crippen molar-refractivity contribution in [1.29, 1.82) is 0 Å². The zero-order chi connectivity index (χ0) is 22.6. The Morgan fingerprint density at radius 3 is 2.56 bits per heavy atom. The number of ketones is 1. The number of aliphatic carboxylic acids is 1. The number of carboxylic acid groups (broad SMARTS) is 1. The van der Waals surface area contributed by atoms with Crippen molar-refractivity contribution in [2.75, 3.05) is 26.2 Å². The molecular weight excluding hydrogens is 480 g/mol. The summed E-state index contributed by atoms with van der Waals surface area (Å²) >= 11 is 0. The highest BCUT2D eigenvalue weighted by molar-refractivity contribution is 8.93. The quantitative estimate of drug-likeness (QED) is 0.154. The molecule has 32 heavy (non-hydrogen) atoms. The Hall–Kier alpha value is -2.11. The van der Waals surface area contributed by atoms with Gasteiger partial charge < -0.3 is 31.9 Å². The normalized spacial score (nSPS) is 17.9. The molecule has 178 valence electrons. The monoisotopic (exact) mass is 512 g/mol. The summed E-state index contributed by atoms with van der Waals surface area (Å²) in [6.45, 7) is 2.27. The lowest BCUT2D eigenvalue weighted by molar-refractivity contribution is -0.131. The molecule has 1 saturated heterocycles. The summed E-state index contributed by atoms with van der Waals surface area (Å²) in [6.07, 6.45) is 4.39. The molecule has 1 aromatic rings. The van der Waals surface area contributed by atoms with Crippen LogP contribution < -0.4 is 22.1 Å². The molecule has 1 amide bonds. The molecule has 0 aromatic heterocycles. The summed E-state index contributed by atoms with van der Waals surface area (Å²) in [5.41, 5.74) is 12.9. The zero-order valence-corrected chi connectivity index (χ0v) is 19.7. The van der Waals surface area contributed by atoms with Gasteiger partial charge in [-0.05, 0) is 37.8 Å². The van der Waals surface area contributed by atoms with Crippen molar-refractivity contribution in [3.05, 3.63) is 47.5 Å². The maximum absolute atomic E-state index is 12.5. The molecule has 3 atom stereocenters. The number of hydrogen-bond acceptors (Lipinski definition) is 7. The summed E-state index contributed by atoms with van der Waals surface area (Å²) in [4.78, 5) is 35.8. The van der Waals surface area contributed by atoms with E-state index in [0.717, 1.165) is 31.0 Å². The van der Waals surface area contributed by atoms with Crippen LogP contribution in [0.15, 0.2) is 36.4 Å². The maximum atomic E-state index is 12.5. The molecule has 1 aliphatic rings. The van der Waals surface area contributed by atoms with E-state index in [1.54, 1.807) is 24.3 Å². The number of rotatable bonds is 12. The highest BCUT2D eigenvalue weighted by atomic mass is 79.9. The molecule has 0 saturated carbocycles. The molecule has 9 nitrogen and oxygen atoms in total. The average molecular weight is 513 g/mol. The van der Waals surface area contributed by atoms with E-state index < -0.39 is 24.2 Å². The number of benzene rings is 1. The SMILES string of the molecule is Br.NCCCCC(C=CC(=O)O)NC(=O)[C@@H](N)Cc1ccc(C(=O)C2CNCCO2)cc1. The Bertz CT molecular complexity index is 766. The number of morpholine rings is 1. The van der Waals surface area contributed by atoms with E-state index in [4.69, 9.17) is 21.3 Å². The van der Waals surface area contributed by atoms with E-state index in [2.05, 4.69) is 10.6 Å². The summed E-state index contributed by atoms with van der Waals surface area (Å²) in [5, 5.41) is 14.8. The third-order valence-corrected chi connectivity index (χ3v) is 5.02. The van der Waals surface area contributed by atoms with Crippen LogP contribution in [0.2, 0.25) is 0 Å². The lowest BCUT2D eigenvalue weighted by atomic mass is 10.00. The van der Waals surface area contributed by atoms with Crippen LogP contribution >= 0.6 is 17.0 Å². The number of nitrogens with one attached hydrogen (secondary N) is 2. The number of halogens is 1. The minimum Gasteiger partial charge on any atom is -0.478 e. The molecule has 7 N–H and O–H groups in total. The number of carbonyl (C=O) groups excluding carboxylic acids is 2. The van der Waals surface area contributed by atoms with Gasteiger partial charge in [-0.3, -0.25) is 9.59 Å². The van der Waals surface area contributed by atoms with E-state index >= 15 is 0 Å². The highest BCUT2D eigenvalue weighted by Crippen LogP contribution is 2.12. The Balaban J connectivity index is 0.00000512. The van der Waals surface area contributed by atoms with Gasteiger partial charge in [-0.15, -0.1) is 17.0 Å². The van der Waals surface area contributed by atoms with Crippen LogP contribution in [0.5, 0.6) is 0 Å². The Kier molecular flexibility index (Phi) is 13.0. The predicted octanol–water partition coefficient (Wildman–Crippen LogP) is 0.560. The number of amides is 1. The zero-order valence-electron chi connectivity index (χ0n) is 18.0. The van der Waals surface area contributed by atoms with E-state index in [1.165, 1.54) is 6.08 Å². The smallest absolute Gasteiger partial charge is 0.328 e. The maximum Gasteiger partial charge on any atom is 0.328 e. The first-order chi connectivity index (χ1) is 14.9. The molecule has 1 aromatic carbocycles. The molecule has 1 fully saturated rings. The van der Waals surface area contributed by atoms with Gasteiger partial charge in [0.1, 0.15) is 6.10 Å². The minimum absolute atomic E-state index is 0. The lowest BCUT2D eigenvalue weighted by Crippen LogP contribution is -2.46. The molecule has 10 heteroatoms. The molecular formula is C22H33BrN4O5. The van der Waals surface area contributed by atoms with Crippen molar-refractivity contribution in [2.24, 2.45) is 11.5 Å². The molecule has 1 aliphatic heterocycles. The van der Waals surface area contributed by atoms with Crippen LogP contribution in [0.25, 0.3) is 0 Å². The second-order valence-electron chi connectivity index (χ2n) is 7.53. The first kappa shape index (κ1) is 27.9. The van der Waals surface area contributed by atoms with Crippen LogP contribution in [0.3, 0.4) is 0 Å². The average Bonchev–Trinajstić information content (AvgIpc) is 2.78. The Morgan fingerprint density at radius 2 is 1.97 bits per heavy atom. The van der Waals surface area contributed by atoms with Crippen molar-refractivity contribution < 1.29 is 24.2 Å². The molecule has 0 bridgehead atoms. The van der Waals surface area contributed by atoms with Gasteiger partial charge in [0.2, 0.25) is 5.91 Å². The van der Waals surface area contributed by atoms with Gasteiger partial charge in [-0.1, -0.05) is 30.3 Å². The number of unbranched alkanes of at least 4 members (excludes halogenated alkanes) is 1. The Labute approximate surface area is 198 Å². The van der Waals surface area contributed by atoms with E-state index in [9.17, 15) is 14.4 Å². The number of ether oxygens (including phenoxy) is 1. The summed E-state index contributed by atoms with van der Waals surface area (Å²) in [6, 6.07) is 5.75. The number of nitrogens with two attached hydrogens (primary N) is 2. The molecule has 0 radical (unpaired) electrons. The van der Waals surface area contributed by atoms with Gasteiger partial charge in [-0.25, -0.2) is 4.79 Å². The third-order valence-electron chi connectivity index (χ3n) is 5.02. The number of carboxylic acids is 1. The van der Waals surface area contributed by atoms with Crippen LogP contribution in [-0.4, -0.2) is 67.2 Å². The van der Waals surface area contributed by atoms with Crippen LogP contribution in [0, 0.1) is 0 Å². The van der Waals surface area contributed by atoms with Crippen LogP contribution in [-0.2, 0) is 20.7 Å². The Morgan fingerprint density at radius 1 is 1.25 bits per heavy atom. The lowest BCUT2D eigenvalue weighted by Gasteiger charge is -2.22. The summed E-state index contributed by atoms with van der Waals surface area (Å²) in [5.74, 6) is -1.52. The summed E-state index contributed by atoms with van der Waals surface area (Å²) in [7, 11) is 0. The molecule has 2 unspecified atom stereocenters.